The molecular formula is C9H8ClF3N4. The van der Waals surface area contributed by atoms with Crippen molar-refractivity contribution in [2.24, 2.45) is 21.7 Å². The minimum atomic E-state index is -4.52. The van der Waals surface area contributed by atoms with Crippen molar-refractivity contribution in [2.75, 3.05) is 0 Å². The molecule has 1 aromatic carbocycles. The van der Waals surface area contributed by atoms with Crippen molar-refractivity contribution in [3.8, 4) is 0 Å². The normalized spacial score (nSPS) is 11.8. The van der Waals surface area contributed by atoms with Crippen LogP contribution in [-0.4, -0.2) is 12.2 Å². The van der Waals surface area contributed by atoms with Crippen LogP contribution in [0.4, 0.5) is 13.2 Å². The molecule has 0 saturated heterocycles. The van der Waals surface area contributed by atoms with Crippen LogP contribution in [0.1, 0.15) is 11.1 Å². The molecule has 0 fully saturated rings. The second-order valence-electron chi connectivity index (χ2n) is 3.00. The second kappa shape index (κ2) is 5.05. The molecule has 92 valence electrons. The van der Waals surface area contributed by atoms with Gasteiger partial charge in [0.25, 0.3) is 0 Å². The zero-order valence-electron chi connectivity index (χ0n) is 8.37. The van der Waals surface area contributed by atoms with Gasteiger partial charge < -0.3 is 11.5 Å². The van der Waals surface area contributed by atoms with Crippen LogP contribution in [0.3, 0.4) is 0 Å². The number of nitrogens with zero attached hydrogens (tertiary/aromatic N) is 2. The van der Waals surface area contributed by atoms with E-state index in [-0.39, 0.29) is 16.5 Å². The van der Waals surface area contributed by atoms with Gasteiger partial charge in [0.05, 0.1) is 11.8 Å². The van der Waals surface area contributed by atoms with Crippen LogP contribution in [0.5, 0.6) is 0 Å². The molecule has 0 atom stereocenters. The van der Waals surface area contributed by atoms with Gasteiger partial charge in [0.15, 0.2) is 0 Å². The highest BCUT2D eigenvalue weighted by molar-refractivity contribution is 6.30. The van der Waals surface area contributed by atoms with Crippen LogP contribution >= 0.6 is 11.6 Å². The zero-order valence-corrected chi connectivity index (χ0v) is 9.13. The van der Waals surface area contributed by atoms with E-state index in [1.54, 1.807) is 0 Å². The average molecular weight is 265 g/mol. The van der Waals surface area contributed by atoms with Gasteiger partial charge in [0, 0.05) is 10.6 Å². The minimum absolute atomic E-state index is 0.0173. The van der Waals surface area contributed by atoms with Gasteiger partial charge in [0.2, 0.25) is 5.96 Å². The predicted octanol–water partition coefficient (Wildman–Crippen LogP) is 1.97. The molecule has 0 heterocycles. The van der Waals surface area contributed by atoms with Gasteiger partial charge in [-0.25, -0.2) is 0 Å². The lowest BCUT2D eigenvalue weighted by molar-refractivity contribution is -0.137. The van der Waals surface area contributed by atoms with Crippen LogP contribution in [0.2, 0.25) is 5.02 Å². The second-order valence-corrected chi connectivity index (χ2v) is 3.44. The maximum absolute atomic E-state index is 12.6. The lowest BCUT2D eigenvalue weighted by atomic mass is 10.1. The molecule has 0 amide bonds. The summed E-state index contributed by atoms with van der Waals surface area (Å²) in [5.74, 6) is -0.344. The summed E-state index contributed by atoms with van der Waals surface area (Å²) >= 11 is 5.50. The summed E-state index contributed by atoms with van der Waals surface area (Å²) in [4.78, 5) is 0. The van der Waals surface area contributed by atoms with Crippen molar-refractivity contribution in [1.82, 2.24) is 0 Å². The molecule has 0 spiro atoms. The Balaban J connectivity index is 3.16. The molecule has 1 rings (SSSR count). The third-order valence-corrected chi connectivity index (χ3v) is 1.93. The highest BCUT2D eigenvalue weighted by Gasteiger charge is 2.33. The first-order valence-corrected chi connectivity index (χ1v) is 4.67. The Morgan fingerprint density at radius 1 is 1.29 bits per heavy atom. The van der Waals surface area contributed by atoms with Crippen LogP contribution in [0.15, 0.2) is 28.4 Å². The maximum atomic E-state index is 12.6. The number of hydrogen-bond donors (Lipinski definition) is 2. The average Bonchev–Trinajstić information content (AvgIpc) is 2.18. The van der Waals surface area contributed by atoms with Crippen molar-refractivity contribution in [3.05, 3.63) is 34.3 Å². The molecule has 0 aliphatic rings. The first-order valence-electron chi connectivity index (χ1n) is 4.29. The first-order chi connectivity index (χ1) is 7.80. The van der Waals surface area contributed by atoms with Gasteiger partial charge in [-0.05, 0) is 12.1 Å². The van der Waals surface area contributed by atoms with Crippen molar-refractivity contribution in [2.45, 2.75) is 6.18 Å². The molecule has 0 saturated carbocycles. The number of halogens is 4. The number of guanidine groups is 1. The standard InChI is InChI=1S/C9H8ClF3N4/c10-6-2-1-5(4-16-17-8(14)15)7(3-6)9(11,12)13/h1-4H,(H4,14,15,17). The molecule has 4 nitrogen and oxygen atoms in total. The highest BCUT2D eigenvalue weighted by Crippen LogP contribution is 2.33. The molecule has 0 radical (unpaired) electrons. The van der Waals surface area contributed by atoms with Gasteiger partial charge in [-0.15, -0.1) is 5.10 Å². The van der Waals surface area contributed by atoms with E-state index in [1.165, 1.54) is 12.1 Å². The topological polar surface area (TPSA) is 76.8 Å². The molecular weight excluding hydrogens is 257 g/mol. The fourth-order valence-corrected chi connectivity index (χ4v) is 1.22. The van der Waals surface area contributed by atoms with Crippen molar-refractivity contribution >= 4 is 23.8 Å². The number of hydrogen-bond acceptors (Lipinski definition) is 2. The van der Waals surface area contributed by atoms with E-state index < -0.39 is 11.7 Å². The Kier molecular flexibility index (Phi) is 3.95. The van der Waals surface area contributed by atoms with Gasteiger partial charge in [-0.1, -0.05) is 17.7 Å². The van der Waals surface area contributed by atoms with E-state index in [1.807, 2.05) is 0 Å². The van der Waals surface area contributed by atoms with E-state index >= 15 is 0 Å². The fraction of sp³-hybridized carbons (Fsp3) is 0.111. The zero-order chi connectivity index (χ0) is 13.1. The summed E-state index contributed by atoms with van der Waals surface area (Å²) in [6.07, 6.45) is -3.62. The van der Waals surface area contributed by atoms with Crippen LogP contribution in [0.25, 0.3) is 0 Å². The lowest BCUT2D eigenvalue weighted by Crippen LogP contribution is -2.21. The van der Waals surface area contributed by atoms with Crippen molar-refractivity contribution in [1.29, 1.82) is 0 Å². The molecule has 0 aliphatic carbocycles. The molecule has 0 aliphatic heterocycles. The Bertz CT molecular complexity index is 464. The Morgan fingerprint density at radius 3 is 2.47 bits per heavy atom. The summed E-state index contributed by atoms with van der Waals surface area (Å²) in [7, 11) is 0. The molecule has 17 heavy (non-hydrogen) atoms. The maximum Gasteiger partial charge on any atom is 0.417 e. The van der Waals surface area contributed by atoms with Crippen LogP contribution in [0, 0.1) is 0 Å². The molecule has 8 heteroatoms. The van der Waals surface area contributed by atoms with Crippen LogP contribution in [-0.2, 0) is 6.18 Å². The molecule has 0 aromatic heterocycles. The van der Waals surface area contributed by atoms with Crippen molar-refractivity contribution in [3.63, 3.8) is 0 Å². The van der Waals surface area contributed by atoms with Gasteiger partial charge in [-0.2, -0.15) is 18.3 Å². The van der Waals surface area contributed by atoms with Crippen molar-refractivity contribution < 1.29 is 13.2 Å². The smallest absolute Gasteiger partial charge is 0.369 e. The van der Waals surface area contributed by atoms with E-state index in [4.69, 9.17) is 23.1 Å². The van der Waals surface area contributed by atoms with Gasteiger partial charge in [0.1, 0.15) is 0 Å². The first kappa shape index (κ1) is 13.3. The number of rotatable bonds is 2. The fourth-order valence-electron chi connectivity index (χ4n) is 1.04. The number of benzene rings is 1. The van der Waals surface area contributed by atoms with Gasteiger partial charge >= 0.3 is 6.18 Å². The highest BCUT2D eigenvalue weighted by atomic mass is 35.5. The largest absolute Gasteiger partial charge is 0.417 e. The third kappa shape index (κ3) is 3.95. The summed E-state index contributed by atoms with van der Waals surface area (Å²) < 4.78 is 37.8. The van der Waals surface area contributed by atoms with E-state index in [0.717, 1.165) is 12.3 Å². The molecule has 0 unspecified atom stereocenters. The van der Waals surface area contributed by atoms with E-state index in [2.05, 4.69) is 10.2 Å². The Labute approximate surface area is 99.8 Å². The lowest BCUT2D eigenvalue weighted by Gasteiger charge is -2.09. The third-order valence-electron chi connectivity index (χ3n) is 1.69. The quantitative estimate of drug-likeness (QED) is 0.487. The SMILES string of the molecule is NC(N)=NN=Cc1ccc(Cl)cc1C(F)(F)F. The summed E-state index contributed by atoms with van der Waals surface area (Å²) in [6.45, 7) is 0. The Morgan fingerprint density at radius 2 is 1.94 bits per heavy atom. The monoisotopic (exact) mass is 264 g/mol. The number of nitrogens with two attached hydrogens (primary N) is 2. The van der Waals surface area contributed by atoms with Crippen LogP contribution < -0.4 is 11.5 Å². The summed E-state index contributed by atoms with van der Waals surface area (Å²) in [6, 6.07) is 3.29. The minimum Gasteiger partial charge on any atom is -0.369 e. The molecule has 1 aromatic rings. The van der Waals surface area contributed by atoms with E-state index in [0.29, 0.717) is 0 Å². The number of alkyl halides is 3. The van der Waals surface area contributed by atoms with E-state index in [9.17, 15) is 13.2 Å². The van der Waals surface area contributed by atoms with Gasteiger partial charge in [-0.3, -0.25) is 0 Å². The predicted molar refractivity (Wildman–Crippen MR) is 59.9 cm³/mol. The summed E-state index contributed by atoms with van der Waals surface area (Å²) in [5.41, 5.74) is 8.87. The molecule has 4 N–H and O–H groups in total. The molecule has 0 bridgehead atoms. The summed E-state index contributed by atoms with van der Waals surface area (Å²) in [5, 5.41) is 6.50. The Hall–Kier alpha value is -1.76.